The van der Waals surface area contributed by atoms with Crippen LogP contribution in [0.4, 0.5) is 0 Å². The van der Waals surface area contributed by atoms with Crippen molar-refractivity contribution in [3.05, 3.63) is 28.0 Å². The second kappa shape index (κ2) is 5.99. The lowest BCUT2D eigenvalue weighted by atomic mass is 10.1. The van der Waals surface area contributed by atoms with Crippen molar-refractivity contribution in [2.45, 2.75) is 27.2 Å². The summed E-state index contributed by atoms with van der Waals surface area (Å²) in [5, 5.41) is 5.48. The van der Waals surface area contributed by atoms with Crippen molar-refractivity contribution >= 4 is 16.9 Å². The van der Waals surface area contributed by atoms with Crippen molar-refractivity contribution in [3.8, 4) is 0 Å². The molecule has 0 saturated heterocycles. The van der Waals surface area contributed by atoms with Crippen LogP contribution < -0.4 is 5.32 Å². The lowest BCUT2D eigenvalue weighted by molar-refractivity contribution is 0.727. The number of allylic oxidation sites excluding steroid dienone is 1. The van der Waals surface area contributed by atoms with E-state index in [2.05, 4.69) is 43.6 Å². The molecule has 1 aromatic rings. The van der Waals surface area contributed by atoms with Crippen LogP contribution in [0.2, 0.25) is 0 Å². The predicted molar refractivity (Wildman–Crippen MR) is 65.9 cm³/mol. The Morgan fingerprint density at radius 3 is 2.93 bits per heavy atom. The third-order valence-corrected chi connectivity index (χ3v) is 3.15. The van der Waals surface area contributed by atoms with Gasteiger partial charge in [-0.25, -0.2) is 0 Å². The van der Waals surface area contributed by atoms with E-state index in [9.17, 15) is 0 Å². The van der Waals surface area contributed by atoms with Gasteiger partial charge in [-0.3, -0.25) is 0 Å². The first kappa shape index (κ1) is 11.5. The Morgan fingerprint density at radius 2 is 2.36 bits per heavy atom. The lowest BCUT2D eigenvalue weighted by Crippen LogP contribution is -2.13. The third kappa shape index (κ3) is 3.28. The molecule has 1 rings (SSSR count). The van der Waals surface area contributed by atoms with Crippen LogP contribution in [-0.2, 0) is 0 Å². The molecule has 0 radical (unpaired) electrons. The van der Waals surface area contributed by atoms with Gasteiger partial charge in [-0.05, 0) is 55.9 Å². The molecule has 1 nitrogen and oxygen atoms in total. The second-order valence-electron chi connectivity index (χ2n) is 3.42. The number of thiophene rings is 1. The molecule has 0 aliphatic heterocycles. The molecule has 0 amide bonds. The van der Waals surface area contributed by atoms with Crippen LogP contribution in [0.25, 0.3) is 5.57 Å². The maximum atomic E-state index is 3.32. The molecular formula is C12H19NS. The van der Waals surface area contributed by atoms with Gasteiger partial charge in [-0.1, -0.05) is 13.0 Å². The van der Waals surface area contributed by atoms with Gasteiger partial charge >= 0.3 is 0 Å². The van der Waals surface area contributed by atoms with Crippen LogP contribution in [0.1, 0.15) is 30.7 Å². The molecule has 14 heavy (non-hydrogen) atoms. The second-order valence-corrected chi connectivity index (χ2v) is 4.54. The van der Waals surface area contributed by atoms with Crippen molar-refractivity contribution in [3.63, 3.8) is 0 Å². The summed E-state index contributed by atoms with van der Waals surface area (Å²) in [6.07, 6.45) is 3.44. The molecule has 0 spiro atoms. The van der Waals surface area contributed by atoms with E-state index in [4.69, 9.17) is 0 Å². The van der Waals surface area contributed by atoms with Crippen LogP contribution >= 0.6 is 11.3 Å². The molecule has 1 N–H and O–H groups in total. The molecule has 1 aromatic heterocycles. The summed E-state index contributed by atoms with van der Waals surface area (Å²) in [6, 6.07) is 2.21. The maximum absolute atomic E-state index is 3.32. The standard InChI is InChI=1S/C12H19NS/c1-4-13-8-5-6-10(2)12-7-9-14-11(12)3/h6-7,9,13H,4-5,8H2,1-3H3/b10-6-. The first-order valence-electron chi connectivity index (χ1n) is 5.17. The third-order valence-electron chi connectivity index (χ3n) is 2.31. The Bertz CT molecular complexity index is 299. The normalized spacial score (nSPS) is 12.1. The summed E-state index contributed by atoms with van der Waals surface area (Å²) in [5.41, 5.74) is 2.81. The first-order chi connectivity index (χ1) is 6.75. The monoisotopic (exact) mass is 209 g/mol. The lowest BCUT2D eigenvalue weighted by Gasteiger charge is -2.01. The minimum Gasteiger partial charge on any atom is -0.317 e. The smallest absolute Gasteiger partial charge is 0.00891 e. The highest BCUT2D eigenvalue weighted by atomic mass is 32.1. The predicted octanol–water partition coefficient (Wildman–Crippen LogP) is 3.46. The minimum absolute atomic E-state index is 1.06. The fraction of sp³-hybridized carbons (Fsp3) is 0.500. The van der Waals surface area contributed by atoms with E-state index in [-0.39, 0.29) is 0 Å². The summed E-state index contributed by atoms with van der Waals surface area (Å²) in [6.45, 7) is 8.66. The van der Waals surface area contributed by atoms with Gasteiger partial charge in [0.05, 0.1) is 0 Å². The highest BCUT2D eigenvalue weighted by molar-refractivity contribution is 7.10. The number of hydrogen-bond donors (Lipinski definition) is 1. The van der Waals surface area contributed by atoms with E-state index in [0.717, 1.165) is 19.5 Å². The van der Waals surface area contributed by atoms with E-state index in [1.807, 2.05) is 11.3 Å². The number of hydrogen-bond acceptors (Lipinski definition) is 2. The molecule has 0 saturated carbocycles. The molecule has 0 unspecified atom stereocenters. The van der Waals surface area contributed by atoms with Crippen LogP contribution in [0.3, 0.4) is 0 Å². The Kier molecular flexibility index (Phi) is 4.91. The quantitative estimate of drug-likeness (QED) is 0.732. The molecule has 0 bridgehead atoms. The summed E-state index contributed by atoms with van der Waals surface area (Å²) in [5.74, 6) is 0. The fourth-order valence-electron chi connectivity index (χ4n) is 1.47. The van der Waals surface area contributed by atoms with Gasteiger partial charge < -0.3 is 5.32 Å². The first-order valence-corrected chi connectivity index (χ1v) is 6.05. The zero-order chi connectivity index (χ0) is 10.4. The van der Waals surface area contributed by atoms with Crippen molar-refractivity contribution in [2.75, 3.05) is 13.1 Å². The van der Waals surface area contributed by atoms with Gasteiger partial charge in [-0.2, -0.15) is 0 Å². The average molecular weight is 209 g/mol. The molecule has 0 aliphatic carbocycles. The molecule has 0 aliphatic rings. The molecule has 0 fully saturated rings. The SMILES string of the molecule is CCNCC/C=C(/C)c1ccsc1C. The molecule has 2 heteroatoms. The highest BCUT2D eigenvalue weighted by Crippen LogP contribution is 2.23. The minimum atomic E-state index is 1.06. The van der Waals surface area contributed by atoms with Gasteiger partial charge in [0, 0.05) is 4.88 Å². The van der Waals surface area contributed by atoms with Gasteiger partial charge in [0.2, 0.25) is 0 Å². The molecule has 78 valence electrons. The van der Waals surface area contributed by atoms with Crippen LogP contribution in [0, 0.1) is 6.92 Å². The molecule has 0 atom stereocenters. The van der Waals surface area contributed by atoms with Crippen molar-refractivity contribution in [1.82, 2.24) is 5.32 Å². The van der Waals surface area contributed by atoms with Crippen LogP contribution in [0.15, 0.2) is 17.5 Å². The Balaban J connectivity index is 2.48. The summed E-state index contributed by atoms with van der Waals surface area (Å²) < 4.78 is 0. The number of aryl methyl sites for hydroxylation is 1. The summed E-state index contributed by atoms with van der Waals surface area (Å²) >= 11 is 1.82. The van der Waals surface area contributed by atoms with Crippen molar-refractivity contribution < 1.29 is 0 Å². The van der Waals surface area contributed by atoms with Gasteiger partial charge in [0.1, 0.15) is 0 Å². The fourth-order valence-corrected chi connectivity index (χ4v) is 2.24. The summed E-state index contributed by atoms with van der Waals surface area (Å²) in [4.78, 5) is 1.42. The van der Waals surface area contributed by atoms with E-state index < -0.39 is 0 Å². The van der Waals surface area contributed by atoms with Crippen molar-refractivity contribution in [2.24, 2.45) is 0 Å². The van der Waals surface area contributed by atoms with Crippen LogP contribution in [0.5, 0.6) is 0 Å². The van der Waals surface area contributed by atoms with E-state index >= 15 is 0 Å². The largest absolute Gasteiger partial charge is 0.317 e. The molecule has 0 aromatic carbocycles. The zero-order valence-electron chi connectivity index (χ0n) is 9.26. The maximum Gasteiger partial charge on any atom is 0.00891 e. The Morgan fingerprint density at radius 1 is 1.57 bits per heavy atom. The number of rotatable bonds is 5. The van der Waals surface area contributed by atoms with E-state index in [1.54, 1.807) is 0 Å². The van der Waals surface area contributed by atoms with E-state index in [1.165, 1.54) is 16.0 Å². The van der Waals surface area contributed by atoms with E-state index in [0.29, 0.717) is 0 Å². The number of nitrogens with one attached hydrogen (secondary N) is 1. The van der Waals surface area contributed by atoms with Gasteiger partial charge in [0.25, 0.3) is 0 Å². The highest BCUT2D eigenvalue weighted by Gasteiger charge is 2.00. The van der Waals surface area contributed by atoms with Crippen molar-refractivity contribution in [1.29, 1.82) is 0 Å². The zero-order valence-corrected chi connectivity index (χ0v) is 10.1. The van der Waals surface area contributed by atoms with Gasteiger partial charge in [0.15, 0.2) is 0 Å². The topological polar surface area (TPSA) is 12.0 Å². The van der Waals surface area contributed by atoms with Crippen LogP contribution in [-0.4, -0.2) is 13.1 Å². The Hall–Kier alpha value is -0.600. The molecule has 1 heterocycles. The average Bonchev–Trinajstić information content (AvgIpc) is 2.59. The Labute approximate surface area is 90.9 Å². The summed E-state index contributed by atoms with van der Waals surface area (Å²) in [7, 11) is 0. The molecular weight excluding hydrogens is 190 g/mol. The van der Waals surface area contributed by atoms with Gasteiger partial charge in [-0.15, -0.1) is 11.3 Å².